The number of aromatic nitrogens is 3. The number of rotatable bonds is 11. The Balaban J connectivity index is 0.000000160. The molecule has 0 spiro atoms. The predicted octanol–water partition coefficient (Wildman–Crippen LogP) is 9.37. The third-order valence-corrected chi connectivity index (χ3v) is 14.4. The largest absolute Gasteiger partial charge is 0.399 e. The number of nitriles is 3. The van der Waals surface area contributed by atoms with E-state index in [1.807, 2.05) is 0 Å². The van der Waals surface area contributed by atoms with Gasteiger partial charge in [0.2, 0.25) is 0 Å². The van der Waals surface area contributed by atoms with Crippen molar-refractivity contribution in [2.75, 3.05) is 19.9 Å². The molecule has 3 aromatic heterocycles. The topological polar surface area (TPSA) is 375 Å². The maximum atomic E-state index is 13.9. The van der Waals surface area contributed by atoms with Gasteiger partial charge in [0, 0.05) is 74.2 Å². The Kier molecular flexibility index (Phi) is 14.3. The lowest BCUT2D eigenvalue weighted by Gasteiger charge is -2.08. The minimum atomic E-state index is -4.15. The van der Waals surface area contributed by atoms with Gasteiger partial charge in [0.1, 0.15) is 32.1 Å². The molecule has 0 fully saturated rings. The summed E-state index contributed by atoms with van der Waals surface area (Å²) in [7, 11) is -12.2. The van der Waals surface area contributed by atoms with Gasteiger partial charge in [0.05, 0.1) is 62.4 Å². The monoisotopic (exact) mass is 1050 g/mol. The fraction of sp³-hybridized carbons (Fsp3) is 0. The second-order valence-corrected chi connectivity index (χ2v) is 19.9. The van der Waals surface area contributed by atoms with Crippen LogP contribution >= 0.6 is 0 Å². The molecule has 0 aliphatic heterocycles. The lowest BCUT2D eigenvalue weighted by molar-refractivity contribution is -0.384. The molecular weight excluding hydrogens is 1020 g/mol. The highest BCUT2D eigenvalue weighted by molar-refractivity contribution is 7.93. The molecule has 0 saturated carbocycles. The van der Waals surface area contributed by atoms with Crippen LogP contribution in [0.15, 0.2) is 148 Å². The van der Waals surface area contributed by atoms with Crippen LogP contribution in [0.3, 0.4) is 0 Å². The molecule has 0 amide bonds. The van der Waals surface area contributed by atoms with Crippen molar-refractivity contribution >= 4 is 96.9 Å². The van der Waals surface area contributed by atoms with Crippen LogP contribution in [0.4, 0.5) is 47.3 Å². The number of aromatic amines is 3. The summed E-state index contributed by atoms with van der Waals surface area (Å²) < 4.78 is 123. The van der Waals surface area contributed by atoms with Crippen molar-refractivity contribution in [2.45, 2.75) is 14.7 Å². The van der Waals surface area contributed by atoms with E-state index in [4.69, 9.17) is 27.1 Å². The number of nitrogens with one attached hydrogen (secondary N) is 6. The normalized spacial score (nSPS) is 11.1. The van der Waals surface area contributed by atoms with Gasteiger partial charge in [-0.25, -0.2) is 38.4 Å². The number of non-ortho nitro benzene ring substituents is 1. The van der Waals surface area contributed by atoms with Crippen LogP contribution in [0, 0.1) is 61.6 Å². The van der Waals surface area contributed by atoms with E-state index < -0.39 is 52.4 Å². The van der Waals surface area contributed by atoms with E-state index in [1.165, 1.54) is 79.1 Å². The van der Waals surface area contributed by atoms with E-state index in [9.17, 15) is 48.5 Å². The second-order valence-electron chi connectivity index (χ2n) is 14.9. The number of halogens is 3. The molecule has 366 valence electrons. The van der Waals surface area contributed by atoms with E-state index in [0.717, 1.165) is 30.5 Å². The van der Waals surface area contributed by atoms with Gasteiger partial charge in [-0.1, -0.05) is 17.2 Å². The number of nitro benzene ring substituents is 1. The van der Waals surface area contributed by atoms with Crippen LogP contribution in [0.5, 0.6) is 0 Å². The zero-order valence-electron chi connectivity index (χ0n) is 36.5. The first-order chi connectivity index (χ1) is 34.7. The zero-order chi connectivity index (χ0) is 52.8. The quantitative estimate of drug-likeness (QED) is 0.0159. The molecule has 0 aliphatic rings. The molecule has 22 nitrogen and oxygen atoms in total. The first-order valence-electron chi connectivity index (χ1n) is 20.1. The van der Waals surface area contributed by atoms with Crippen molar-refractivity contribution in [3.63, 3.8) is 0 Å². The molecule has 28 heteroatoms. The number of fused-ring (bicyclic) bond motifs is 3. The Bertz CT molecular complexity index is 4060. The van der Waals surface area contributed by atoms with Gasteiger partial charge < -0.3 is 20.7 Å². The molecule has 9 aromatic rings. The number of H-pyrrole nitrogens is 3. The lowest BCUT2D eigenvalue weighted by atomic mass is 10.2. The standard InChI is InChI=1S/C15H9FN6O2S.C15H9FN4O4S.C15H11FN4O2S/c16-12-5-9(7-17)1-4-13(12)21-25(23,24)15-8-19-14-6-10(20-22-18)2-3-11(14)15;16-12-5-9(7-17)1-4-13(12)19-25(23,24)15-8-18-14-6-10(20(21)22)2-3-11(14)15;16-12-5-9(7-17)1-4-13(12)20-23(21,22)15-8-19-14-6-10(18)2-3-11(14)15/h1-6,8,19,21H;1-6,8,18-19H;1-6,8,19-20H,18H2. The Labute approximate surface area is 409 Å². The number of hydrogen-bond donors (Lipinski definition) is 7. The third-order valence-electron chi connectivity index (χ3n) is 10.2. The van der Waals surface area contributed by atoms with Crippen LogP contribution in [-0.2, 0) is 30.1 Å². The molecule has 0 saturated heterocycles. The van der Waals surface area contributed by atoms with Crippen LogP contribution in [0.25, 0.3) is 43.2 Å². The number of azide groups is 1. The average molecular weight is 1050 g/mol. The van der Waals surface area contributed by atoms with Crippen LogP contribution in [0.1, 0.15) is 16.7 Å². The van der Waals surface area contributed by atoms with Crippen molar-refractivity contribution in [1.29, 1.82) is 15.8 Å². The van der Waals surface area contributed by atoms with Crippen LogP contribution < -0.4 is 19.9 Å². The van der Waals surface area contributed by atoms with E-state index in [-0.39, 0.29) is 65.0 Å². The second kappa shape index (κ2) is 20.5. The van der Waals surface area contributed by atoms with Crippen molar-refractivity contribution in [3.8, 4) is 18.2 Å². The fourth-order valence-electron chi connectivity index (χ4n) is 6.79. The van der Waals surface area contributed by atoms with Gasteiger partial charge in [-0.2, -0.15) is 15.8 Å². The highest BCUT2D eigenvalue weighted by Crippen LogP contribution is 2.31. The van der Waals surface area contributed by atoms with Gasteiger partial charge >= 0.3 is 0 Å². The van der Waals surface area contributed by atoms with E-state index in [1.54, 1.807) is 36.4 Å². The number of anilines is 4. The number of nitrogens with two attached hydrogens (primary N) is 1. The minimum absolute atomic E-state index is 0.0174. The summed E-state index contributed by atoms with van der Waals surface area (Å²) in [6, 6.07) is 28.5. The first-order valence-corrected chi connectivity index (χ1v) is 24.6. The van der Waals surface area contributed by atoms with Crippen molar-refractivity contribution in [3.05, 3.63) is 182 Å². The third kappa shape index (κ3) is 11.2. The summed E-state index contributed by atoms with van der Waals surface area (Å²) >= 11 is 0. The van der Waals surface area contributed by atoms with Crippen LogP contribution in [0.2, 0.25) is 0 Å². The molecule has 6 aromatic carbocycles. The Hall–Kier alpha value is -10.0. The molecule has 3 heterocycles. The van der Waals surface area contributed by atoms with Gasteiger partial charge in [-0.15, -0.1) is 0 Å². The molecule has 8 N–H and O–H groups in total. The molecule has 9 rings (SSSR count). The Morgan fingerprint density at radius 3 is 1.30 bits per heavy atom. The smallest absolute Gasteiger partial charge is 0.271 e. The molecule has 0 radical (unpaired) electrons. The zero-order valence-corrected chi connectivity index (χ0v) is 38.9. The first kappa shape index (κ1) is 50.8. The lowest BCUT2D eigenvalue weighted by Crippen LogP contribution is -2.13. The summed E-state index contributed by atoms with van der Waals surface area (Å²) in [5, 5.41) is 41.4. The number of hydrogen-bond acceptors (Lipinski definition) is 13. The van der Waals surface area contributed by atoms with Gasteiger partial charge in [0.15, 0.2) is 0 Å². The fourth-order valence-corrected chi connectivity index (χ4v) is 10.5. The SMILES string of the molecule is N#Cc1ccc(NS(=O)(=O)c2c[nH]c3cc(N)ccc23)c(F)c1.N#Cc1ccc(NS(=O)(=O)c2c[nH]c3cc(N=[N+]=[N-])ccc23)c(F)c1.N#Cc1ccc(NS(=O)(=O)c2c[nH]c3cc([N+](=O)[O-])ccc23)c(F)c1. The number of sulfonamides is 3. The Morgan fingerprint density at radius 2 is 0.932 bits per heavy atom. The van der Waals surface area contributed by atoms with Crippen molar-refractivity contribution in [1.82, 2.24) is 15.0 Å². The molecule has 0 aliphatic carbocycles. The maximum Gasteiger partial charge on any atom is 0.271 e. The van der Waals surface area contributed by atoms with E-state index in [2.05, 4.69) is 39.1 Å². The predicted molar refractivity (Wildman–Crippen MR) is 261 cm³/mol. The van der Waals surface area contributed by atoms with Crippen LogP contribution in [-0.4, -0.2) is 45.1 Å². The average Bonchev–Trinajstić information content (AvgIpc) is 4.11. The van der Waals surface area contributed by atoms with Gasteiger partial charge in [0.25, 0.3) is 35.8 Å². The highest BCUT2D eigenvalue weighted by atomic mass is 32.2. The minimum Gasteiger partial charge on any atom is -0.399 e. The van der Waals surface area contributed by atoms with Crippen molar-refractivity contribution < 1.29 is 43.3 Å². The molecule has 0 bridgehead atoms. The summed E-state index contributed by atoms with van der Waals surface area (Å²) in [5.41, 5.74) is 15.4. The number of benzene rings is 6. The maximum absolute atomic E-state index is 13.9. The van der Waals surface area contributed by atoms with Crippen molar-refractivity contribution in [2.24, 2.45) is 5.11 Å². The van der Waals surface area contributed by atoms with E-state index in [0.29, 0.717) is 33.2 Å². The summed E-state index contributed by atoms with van der Waals surface area (Å²) in [5.74, 6) is -2.57. The molecule has 73 heavy (non-hydrogen) atoms. The van der Waals surface area contributed by atoms with E-state index >= 15 is 0 Å². The summed E-state index contributed by atoms with van der Waals surface area (Å²) in [4.78, 5) is 20.8. The summed E-state index contributed by atoms with van der Waals surface area (Å²) in [6.07, 6.45) is 3.74. The summed E-state index contributed by atoms with van der Waals surface area (Å²) in [6.45, 7) is 0. The number of nitrogens with zero attached hydrogens (tertiary/aromatic N) is 7. The highest BCUT2D eigenvalue weighted by Gasteiger charge is 2.24. The molecular formula is C45H29F3N14O8S3. The van der Waals surface area contributed by atoms with Gasteiger partial charge in [-0.3, -0.25) is 24.3 Å². The number of nitro groups is 1. The molecule has 0 unspecified atom stereocenters. The number of nitrogen functional groups attached to an aromatic ring is 1. The molecule has 0 atom stereocenters. The Morgan fingerprint density at radius 1 is 0.562 bits per heavy atom. The van der Waals surface area contributed by atoms with Gasteiger partial charge in [-0.05, 0) is 90.5 Å².